The molecule has 0 aliphatic carbocycles. The topological polar surface area (TPSA) is 98.1 Å². The number of aromatic nitrogens is 2. The van der Waals surface area contributed by atoms with Gasteiger partial charge in [-0.15, -0.1) is 0 Å². The second kappa shape index (κ2) is 4.66. The molecule has 0 saturated heterocycles. The number of hydrogen-bond acceptors (Lipinski definition) is 5. The van der Waals surface area contributed by atoms with Crippen LogP contribution in [0.15, 0.2) is 35.3 Å². The van der Waals surface area contributed by atoms with Crippen LogP contribution in [0.5, 0.6) is 5.75 Å². The molecule has 1 heterocycles. The summed E-state index contributed by atoms with van der Waals surface area (Å²) in [6, 6.07) is 6.00. The highest BCUT2D eigenvalue weighted by molar-refractivity contribution is 5.65. The first-order valence-electron chi connectivity index (χ1n) is 5.00. The summed E-state index contributed by atoms with van der Waals surface area (Å²) in [5, 5.41) is 10.9. The smallest absolute Gasteiger partial charge is 0.345 e. The minimum absolute atomic E-state index is 0.160. The molecule has 1 N–H and O–H groups in total. The van der Waals surface area contributed by atoms with E-state index in [0.717, 1.165) is 0 Å². The lowest BCUT2D eigenvalue weighted by molar-refractivity contribution is -0.385. The van der Waals surface area contributed by atoms with Crippen LogP contribution in [0.25, 0.3) is 11.3 Å². The highest BCUT2D eigenvalue weighted by atomic mass is 16.6. The molecule has 0 bridgehead atoms. The van der Waals surface area contributed by atoms with E-state index >= 15 is 0 Å². The Balaban J connectivity index is 2.56. The van der Waals surface area contributed by atoms with Gasteiger partial charge in [0.15, 0.2) is 5.75 Å². The van der Waals surface area contributed by atoms with Crippen molar-refractivity contribution in [1.82, 2.24) is 9.97 Å². The van der Waals surface area contributed by atoms with E-state index in [1.807, 2.05) is 0 Å². The number of H-pyrrole nitrogens is 1. The van der Waals surface area contributed by atoms with Gasteiger partial charge in [0, 0.05) is 17.8 Å². The Morgan fingerprint density at radius 3 is 2.78 bits per heavy atom. The molecule has 0 aliphatic rings. The van der Waals surface area contributed by atoms with E-state index in [1.165, 1.54) is 25.4 Å². The third-order valence-corrected chi connectivity index (χ3v) is 2.36. The van der Waals surface area contributed by atoms with Crippen LogP contribution in [0.1, 0.15) is 0 Å². The predicted molar refractivity (Wildman–Crippen MR) is 63.5 cm³/mol. The number of methoxy groups -OCH3 is 1. The highest BCUT2D eigenvalue weighted by Crippen LogP contribution is 2.30. The van der Waals surface area contributed by atoms with Crippen LogP contribution >= 0.6 is 0 Å². The second-order valence-electron chi connectivity index (χ2n) is 3.43. The molecule has 2 aromatic rings. The first-order chi connectivity index (χ1) is 8.61. The monoisotopic (exact) mass is 247 g/mol. The van der Waals surface area contributed by atoms with Gasteiger partial charge in [-0.3, -0.25) is 10.1 Å². The molecule has 0 aliphatic heterocycles. The average Bonchev–Trinajstić information content (AvgIpc) is 2.38. The molecule has 0 amide bonds. The molecule has 0 atom stereocenters. The maximum Gasteiger partial charge on any atom is 0.345 e. The highest BCUT2D eigenvalue weighted by Gasteiger charge is 2.15. The molecule has 0 saturated carbocycles. The lowest BCUT2D eigenvalue weighted by atomic mass is 10.1. The lowest BCUT2D eigenvalue weighted by Gasteiger charge is -2.04. The van der Waals surface area contributed by atoms with Crippen molar-refractivity contribution in [2.75, 3.05) is 7.11 Å². The molecular weight excluding hydrogens is 238 g/mol. The van der Waals surface area contributed by atoms with Crippen LogP contribution in [-0.4, -0.2) is 22.0 Å². The predicted octanol–water partition coefficient (Wildman–Crippen LogP) is 1.35. The molecule has 1 aromatic heterocycles. The van der Waals surface area contributed by atoms with Crippen molar-refractivity contribution in [3.05, 3.63) is 51.1 Å². The van der Waals surface area contributed by atoms with E-state index in [2.05, 4.69) is 9.97 Å². The van der Waals surface area contributed by atoms with Crippen LogP contribution in [-0.2, 0) is 0 Å². The second-order valence-corrected chi connectivity index (χ2v) is 3.43. The molecule has 0 radical (unpaired) electrons. The van der Waals surface area contributed by atoms with Crippen LogP contribution in [0.2, 0.25) is 0 Å². The number of ether oxygens (including phenoxy) is 1. The summed E-state index contributed by atoms with van der Waals surface area (Å²) < 4.78 is 4.90. The lowest BCUT2D eigenvalue weighted by Crippen LogP contribution is -2.09. The number of benzene rings is 1. The molecule has 0 spiro atoms. The van der Waals surface area contributed by atoms with Crippen molar-refractivity contribution in [2.45, 2.75) is 0 Å². The summed E-state index contributed by atoms with van der Waals surface area (Å²) in [6.45, 7) is 0. The van der Waals surface area contributed by atoms with E-state index in [4.69, 9.17) is 4.74 Å². The van der Waals surface area contributed by atoms with Crippen molar-refractivity contribution in [1.29, 1.82) is 0 Å². The van der Waals surface area contributed by atoms with Gasteiger partial charge in [0.2, 0.25) is 0 Å². The molecule has 18 heavy (non-hydrogen) atoms. The molecular formula is C11H9N3O4. The first-order valence-corrected chi connectivity index (χ1v) is 5.00. The quantitative estimate of drug-likeness (QED) is 0.652. The van der Waals surface area contributed by atoms with Crippen molar-refractivity contribution < 1.29 is 9.66 Å². The Morgan fingerprint density at radius 2 is 2.17 bits per heavy atom. The molecule has 0 fully saturated rings. The van der Waals surface area contributed by atoms with Crippen molar-refractivity contribution in [3.8, 4) is 17.0 Å². The number of nitrogens with one attached hydrogen (secondary N) is 1. The molecule has 7 heteroatoms. The maximum absolute atomic E-state index is 11.1. The van der Waals surface area contributed by atoms with Gasteiger partial charge in [0.1, 0.15) is 0 Å². The summed E-state index contributed by atoms with van der Waals surface area (Å²) in [4.78, 5) is 27.4. The van der Waals surface area contributed by atoms with E-state index < -0.39 is 10.6 Å². The van der Waals surface area contributed by atoms with E-state index in [1.54, 1.807) is 12.1 Å². The third kappa shape index (κ3) is 2.19. The minimum atomic E-state index is -0.540. The summed E-state index contributed by atoms with van der Waals surface area (Å²) in [6.07, 6.45) is 1.34. The van der Waals surface area contributed by atoms with Gasteiger partial charge < -0.3 is 9.72 Å². The number of aromatic amines is 1. The van der Waals surface area contributed by atoms with Crippen LogP contribution < -0.4 is 10.4 Å². The summed E-state index contributed by atoms with van der Waals surface area (Å²) in [5.74, 6) is 0.167. The van der Waals surface area contributed by atoms with Gasteiger partial charge in [-0.25, -0.2) is 9.78 Å². The Kier molecular flexibility index (Phi) is 3.05. The normalized spacial score (nSPS) is 10.1. The van der Waals surface area contributed by atoms with E-state index in [0.29, 0.717) is 11.3 Å². The minimum Gasteiger partial charge on any atom is -0.490 e. The Morgan fingerprint density at radius 1 is 1.39 bits per heavy atom. The fourth-order valence-corrected chi connectivity index (χ4v) is 1.54. The number of nitro groups is 1. The zero-order valence-electron chi connectivity index (χ0n) is 9.41. The zero-order chi connectivity index (χ0) is 13.1. The van der Waals surface area contributed by atoms with Gasteiger partial charge in [0.05, 0.1) is 17.7 Å². The Bertz CT molecular complexity index is 651. The van der Waals surface area contributed by atoms with E-state index in [-0.39, 0.29) is 11.4 Å². The first kappa shape index (κ1) is 11.8. The summed E-state index contributed by atoms with van der Waals surface area (Å²) in [7, 11) is 1.36. The van der Waals surface area contributed by atoms with E-state index in [9.17, 15) is 14.9 Å². The fraction of sp³-hybridized carbons (Fsp3) is 0.0909. The maximum atomic E-state index is 11.1. The molecule has 92 valence electrons. The van der Waals surface area contributed by atoms with Crippen molar-refractivity contribution >= 4 is 5.69 Å². The Hall–Kier alpha value is -2.70. The standard InChI is InChI=1S/C11H9N3O4/c1-18-10-3-2-7(6-9(10)14(16)17)8-4-5-12-11(15)13-8/h2-6H,1H3,(H,12,13,15). The SMILES string of the molecule is COc1ccc(-c2ccnc(=O)[nH]2)cc1[N+](=O)[O-]. The number of nitro benzene ring substituents is 1. The molecule has 2 rings (SSSR count). The largest absolute Gasteiger partial charge is 0.490 e. The molecule has 7 nitrogen and oxygen atoms in total. The molecule has 0 unspecified atom stereocenters. The number of rotatable bonds is 3. The van der Waals surface area contributed by atoms with Crippen LogP contribution in [0, 0.1) is 10.1 Å². The average molecular weight is 247 g/mol. The van der Waals surface area contributed by atoms with Gasteiger partial charge >= 0.3 is 11.4 Å². The Labute approximate surface area is 101 Å². The van der Waals surface area contributed by atoms with Gasteiger partial charge in [-0.2, -0.15) is 0 Å². The zero-order valence-corrected chi connectivity index (χ0v) is 9.41. The van der Waals surface area contributed by atoms with Crippen LogP contribution in [0.4, 0.5) is 5.69 Å². The van der Waals surface area contributed by atoms with Crippen LogP contribution in [0.3, 0.4) is 0 Å². The van der Waals surface area contributed by atoms with Crippen molar-refractivity contribution in [3.63, 3.8) is 0 Å². The fourth-order valence-electron chi connectivity index (χ4n) is 1.54. The number of nitrogens with zero attached hydrogens (tertiary/aromatic N) is 2. The summed E-state index contributed by atoms with van der Waals surface area (Å²) in [5.41, 5.74) is 0.307. The number of hydrogen-bond donors (Lipinski definition) is 1. The summed E-state index contributed by atoms with van der Waals surface area (Å²) >= 11 is 0. The third-order valence-electron chi connectivity index (χ3n) is 2.36. The van der Waals surface area contributed by atoms with Gasteiger partial charge in [-0.1, -0.05) is 0 Å². The van der Waals surface area contributed by atoms with Crippen molar-refractivity contribution in [2.24, 2.45) is 0 Å². The van der Waals surface area contributed by atoms with Gasteiger partial charge in [-0.05, 0) is 18.2 Å². The van der Waals surface area contributed by atoms with Gasteiger partial charge in [0.25, 0.3) is 0 Å². The molecule has 1 aromatic carbocycles.